The largest absolute Gasteiger partial charge is 0.304 e. The zero-order chi connectivity index (χ0) is 28.4. The van der Waals surface area contributed by atoms with E-state index in [1.165, 1.54) is 24.2 Å². The molecule has 1 amide bonds. The Balaban J connectivity index is 1.22. The van der Waals surface area contributed by atoms with Crippen LogP contribution in [0.3, 0.4) is 0 Å². The first kappa shape index (κ1) is 28.0. The lowest BCUT2D eigenvalue weighted by atomic mass is 9.87. The summed E-state index contributed by atoms with van der Waals surface area (Å²) in [6, 6.07) is 20.8. The first-order valence-corrected chi connectivity index (χ1v) is 16.5. The van der Waals surface area contributed by atoms with E-state index in [4.69, 9.17) is 4.98 Å². The number of aromatic nitrogens is 2. The smallest absolute Gasteiger partial charge is 0.243 e. The summed E-state index contributed by atoms with van der Waals surface area (Å²) in [7, 11) is -1.57. The summed E-state index contributed by atoms with van der Waals surface area (Å²) in [5.74, 6) is -0.0304. The number of fused-ring (bicyclic) bond motifs is 1. The number of pyridine rings is 1. The SMILES string of the molecule is CN1CCN(S(=O)(=O)c2ccc(C(CC3CCCC3)C(=O)Nc3nc4ccc(-c5ccccc5)nc4s3)cc2)CC1. The van der Waals surface area contributed by atoms with Crippen molar-refractivity contribution < 1.29 is 13.2 Å². The fraction of sp³-hybridized carbons (Fsp3) is 0.387. The second kappa shape index (κ2) is 12.0. The highest BCUT2D eigenvalue weighted by Gasteiger charge is 2.30. The van der Waals surface area contributed by atoms with Gasteiger partial charge in [-0.15, -0.1) is 0 Å². The molecular weight excluding hydrogens is 555 g/mol. The summed E-state index contributed by atoms with van der Waals surface area (Å²) < 4.78 is 28.0. The Morgan fingerprint density at radius 1 is 0.951 bits per heavy atom. The third kappa shape index (κ3) is 6.21. The Morgan fingerprint density at radius 2 is 1.66 bits per heavy atom. The van der Waals surface area contributed by atoms with E-state index in [-0.39, 0.29) is 10.8 Å². The molecule has 2 fully saturated rings. The molecule has 8 nitrogen and oxygen atoms in total. The van der Waals surface area contributed by atoms with E-state index in [0.717, 1.165) is 59.5 Å². The maximum absolute atomic E-state index is 13.7. The molecule has 0 spiro atoms. The van der Waals surface area contributed by atoms with Gasteiger partial charge in [0.25, 0.3) is 0 Å². The lowest BCUT2D eigenvalue weighted by Crippen LogP contribution is -2.47. The molecule has 6 rings (SSSR count). The van der Waals surface area contributed by atoms with Gasteiger partial charge in [0.15, 0.2) is 5.13 Å². The van der Waals surface area contributed by atoms with Gasteiger partial charge >= 0.3 is 0 Å². The van der Waals surface area contributed by atoms with Gasteiger partial charge in [-0.25, -0.2) is 18.4 Å². The normalized spacial score (nSPS) is 18.1. The van der Waals surface area contributed by atoms with Gasteiger partial charge in [0, 0.05) is 31.7 Å². The molecule has 10 heteroatoms. The van der Waals surface area contributed by atoms with Crippen LogP contribution in [0.1, 0.15) is 43.6 Å². The number of sulfonamides is 1. The molecule has 0 radical (unpaired) electrons. The monoisotopic (exact) mass is 589 g/mol. The minimum atomic E-state index is -3.57. The van der Waals surface area contributed by atoms with E-state index < -0.39 is 15.9 Å². The van der Waals surface area contributed by atoms with Crippen molar-refractivity contribution in [3.05, 3.63) is 72.3 Å². The number of nitrogens with zero attached hydrogens (tertiary/aromatic N) is 4. The van der Waals surface area contributed by atoms with Crippen molar-refractivity contribution in [3.8, 4) is 11.3 Å². The van der Waals surface area contributed by atoms with Crippen molar-refractivity contribution in [3.63, 3.8) is 0 Å². The number of carbonyl (C=O) groups excluding carboxylic acids is 1. The maximum Gasteiger partial charge on any atom is 0.243 e. The molecule has 1 unspecified atom stereocenters. The molecule has 1 saturated heterocycles. The first-order chi connectivity index (χ1) is 19.9. The zero-order valence-electron chi connectivity index (χ0n) is 23.2. The molecule has 4 aromatic rings. The Hall–Kier alpha value is -3.18. The summed E-state index contributed by atoms with van der Waals surface area (Å²) in [5, 5.41) is 3.58. The lowest BCUT2D eigenvalue weighted by molar-refractivity contribution is -0.118. The molecule has 1 N–H and O–H groups in total. The van der Waals surface area contributed by atoms with Crippen LogP contribution in [0.25, 0.3) is 21.6 Å². The molecule has 1 aliphatic carbocycles. The van der Waals surface area contributed by atoms with Crippen molar-refractivity contribution in [2.75, 3.05) is 38.5 Å². The van der Waals surface area contributed by atoms with Crippen LogP contribution < -0.4 is 5.32 Å². The van der Waals surface area contributed by atoms with E-state index in [1.54, 1.807) is 16.4 Å². The van der Waals surface area contributed by atoms with Crippen molar-refractivity contribution in [1.29, 1.82) is 0 Å². The summed E-state index contributed by atoms with van der Waals surface area (Å²) in [6.45, 7) is 2.40. The highest BCUT2D eigenvalue weighted by atomic mass is 32.2. The third-order valence-electron chi connectivity index (χ3n) is 8.30. The van der Waals surface area contributed by atoms with Gasteiger partial charge < -0.3 is 10.2 Å². The first-order valence-electron chi connectivity index (χ1n) is 14.3. The molecule has 41 heavy (non-hydrogen) atoms. The van der Waals surface area contributed by atoms with Crippen molar-refractivity contribution in [2.45, 2.75) is 42.9 Å². The number of amides is 1. The quantitative estimate of drug-likeness (QED) is 0.288. The van der Waals surface area contributed by atoms with Gasteiger partial charge in [-0.3, -0.25) is 4.79 Å². The number of benzene rings is 2. The number of nitrogens with one attached hydrogen (secondary N) is 1. The number of piperazine rings is 1. The molecular formula is C31H35N5O3S2. The summed E-state index contributed by atoms with van der Waals surface area (Å²) in [4.78, 5) is 26.3. The Kier molecular flexibility index (Phi) is 8.16. The number of hydrogen-bond donors (Lipinski definition) is 1. The Morgan fingerprint density at radius 3 is 2.37 bits per heavy atom. The average Bonchev–Trinajstić information content (AvgIpc) is 3.65. The van der Waals surface area contributed by atoms with Gasteiger partial charge in [0.1, 0.15) is 10.3 Å². The predicted molar refractivity (Wildman–Crippen MR) is 163 cm³/mol. The Bertz CT molecular complexity index is 1610. The molecule has 2 aromatic carbocycles. The lowest BCUT2D eigenvalue weighted by Gasteiger charge is -2.31. The van der Waals surface area contributed by atoms with E-state index in [9.17, 15) is 13.2 Å². The van der Waals surface area contributed by atoms with Crippen molar-refractivity contribution in [2.24, 2.45) is 5.92 Å². The average molecular weight is 590 g/mol. The number of carbonyl (C=O) groups is 1. The molecule has 1 aliphatic heterocycles. The molecule has 2 aromatic heterocycles. The second-order valence-corrected chi connectivity index (χ2v) is 14.0. The summed E-state index contributed by atoms with van der Waals surface area (Å²) in [6.07, 6.45) is 5.35. The zero-order valence-corrected chi connectivity index (χ0v) is 24.8. The maximum atomic E-state index is 13.7. The second-order valence-electron chi connectivity index (χ2n) is 11.1. The van der Waals surface area contributed by atoms with E-state index in [0.29, 0.717) is 24.1 Å². The highest BCUT2D eigenvalue weighted by molar-refractivity contribution is 7.89. The number of rotatable bonds is 8. The number of likely N-dealkylation sites (N-methyl/N-ethyl adjacent to an activating group) is 1. The highest BCUT2D eigenvalue weighted by Crippen LogP contribution is 2.36. The molecule has 3 heterocycles. The predicted octanol–water partition coefficient (Wildman–Crippen LogP) is 5.60. The van der Waals surface area contributed by atoms with Gasteiger partial charge in [0.05, 0.1) is 16.5 Å². The minimum Gasteiger partial charge on any atom is -0.304 e. The van der Waals surface area contributed by atoms with E-state index in [2.05, 4.69) is 15.2 Å². The van der Waals surface area contributed by atoms with Gasteiger partial charge in [-0.1, -0.05) is 79.5 Å². The minimum absolute atomic E-state index is 0.117. The van der Waals surface area contributed by atoms with E-state index >= 15 is 0 Å². The number of anilines is 1. The molecule has 1 atom stereocenters. The molecule has 0 bridgehead atoms. The van der Waals surface area contributed by atoms with Gasteiger partial charge in [-0.2, -0.15) is 4.31 Å². The van der Waals surface area contributed by atoms with Crippen LogP contribution in [0.4, 0.5) is 5.13 Å². The Labute approximate surface area is 245 Å². The van der Waals surface area contributed by atoms with Crippen LogP contribution >= 0.6 is 11.3 Å². The number of thiazole rings is 1. The van der Waals surface area contributed by atoms with Crippen molar-refractivity contribution >= 4 is 42.7 Å². The summed E-state index contributed by atoms with van der Waals surface area (Å²) in [5.41, 5.74) is 3.47. The fourth-order valence-corrected chi connectivity index (χ4v) is 8.12. The van der Waals surface area contributed by atoms with Crippen LogP contribution in [0.2, 0.25) is 0 Å². The van der Waals surface area contributed by atoms with E-state index in [1.807, 2.05) is 61.6 Å². The van der Waals surface area contributed by atoms with Crippen LogP contribution in [0.5, 0.6) is 0 Å². The van der Waals surface area contributed by atoms with Crippen LogP contribution in [0.15, 0.2) is 71.6 Å². The fourth-order valence-electron chi connectivity index (χ4n) is 5.86. The van der Waals surface area contributed by atoms with Crippen LogP contribution in [-0.2, 0) is 14.8 Å². The standard InChI is InChI=1S/C31H35N5O3S2/c1-35-17-19-36(20-18-35)41(38,39)25-13-11-23(12-14-25)26(21-22-7-5-6-8-22)29(37)34-31-33-28-16-15-27(32-30(28)40-31)24-9-3-2-4-10-24/h2-4,9-16,22,26H,5-8,17-21H2,1H3,(H,33,34,37). The van der Waals surface area contributed by atoms with Gasteiger partial charge in [-0.05, 0) is 49.2 Å². The van der Waals surface area contributed by atoms with Crippen LogP contribution in [0, 0.1) is 5.92 Å². The number of hydrogen-bond acceptors (Lipinski definition) is 7. The topological polar surface area (TPSA) is 95.5 Å². The van der Waals surface area contributed by atoms with Crippen molar-refractivity contribution in [1.82, 2.24) is 19.2 Å². The van der Waals surface area contributed by atoms with Crippen LogP contribution in [-0.4, -0.2) is 66.7 Å². The third-order valence-corrected chi connectivity index (χ3v) is 11.1. The molecule has 2 aliphatic rings. The molecule has 214 valence electrons. The molecule has 1 saturated carbocycles. The van der Waals surface area contributed by atoms with Gasteiger partial charge in [0.2, 0.25) is 15.9 Å². The summed E-state index contributed by atoms with van der Waals surface area (Å²) >= 11 is 1.37.